The van der Waals surface area contributed by atoms with Gasteiger partial charge in [-0.25, -0.2) is 0 Å². The number of carbonyl (C=O) groups excluding carboxylic acids is 1. The molecule has 1 amide bonds. The monoisotopic (exact) mass is 366 g/mol. The molecule has 0 spiro atoms. The molecule has 0 saturated heterocycles. The highest BCUT2D eigenvalue weighted by Crippen LogP contribution is 2.32. The number of nitrogens with zero attached hydrogens (tertiary/aromatic N) is 1. The van der Waals surface area contributed by atoms with Crippen molar-refractivity contribution in [2.45, 2.75) is 17.5 Å². The lowest BCUT2D eigenvalue weighted by atomic mass is 10.1. The van der Waals surface area contributed by atoms with E-state index in [4.69, 9.17) is 4.52 Å². The average molecular weight is 366 g/mol. The van der Waals surface area contributed by atoms with Crippen LogP contribution in [0.25, 0.3) is 11.0 Å². The van der Waals surface area contributed by atoms with Crippen molar-refractivity contribution >= 4 is 34.3 Å². The highest BCUT2D eigenvalue weighted by molar-refractivity contribution is 7.99. The van der Waals surface area contributed by atoms with Crippen LogP contribution in [0.2, 0.25) is 0 Å². The summed E-state index contributed by atoms with van der Waals surface area (Å²) in [7, 11) is 0. The normalized spacial score (nSPS) is 11.6. The number of thioether (sulfide) groups is 1. The van der Waals surface area contributed by atoms with Gasteiger partial charge in [-0.1, -0.05) is 29.4 Å². The van der Waals surface area contributed by atoms with Gasteiger partial charge in [0, 0.05) is 10.3 Å². The van der Waals surface area contributed by atoms with Crippen LogP contribution in [-0.4, -0.2) is 23.0 Å². The molecule has 8 heteroatoms. The molecule has 0 radical (unpaired) electrons. The van der Waals surface area contributed by atoms with Gasteiger partial charge < -0.3 is 9.84 Å². The third-order valence-electron chi connectivity index (χ3n) is 3.33. The lowest BCUT2D eigenvalue weighted by Crippen LogP contribution is -2.16. The Bertz CT molecular complexity index is 893. The summed E-state index contributed by atoms with van der Waals surface area (Å²) in [5, 5.41) is 7.25. The molecule has 0 aliphatic rings. The van der Waals surface area contributed by atoms with Crippen LogP contribution in [0.3, 0.4) is 0 Å². The molecule has 25 heavy (non-hydrogen) atoms. The van der Waals surface area contributed by atoms with Crippen molar-refractivity contribution in [3.63, 3.8) is 0 Å². The zero-order chi connectivity index (χ0) is 17.9. The number of rotatable bonds is 5. The van der Waals surface area contributed by atoms with Gasteiger partial charge in [0.25, 0.3) is 0 Å². The first-order valence-corrected chi connectivity index (χ1v) is 8.33. The quantitative estimate of drug-likeness (QED) is 0.667. The van der Waals surface area contributed by atoms with E-state index in [0.29, 0.717) is 33.6 Å². The summed E-state index contributed by atoms with van der Waals surface area (Å²) in [6.45, 7) is 0. The number of anilines is 1. The Morgan fingerprint density at radius 3 is 2.64 bits per heavy atom. The summed E-state index contributed by atoms with van der Waals surface area (Å²) in [4.78, 5) is 12.6. The molecule has 0 atom stereocenters. The molecule has 1 heterocycles. The molecule has 0 fully saturated rings. The molecule has 0 aliphatic heterocycles. The topological polar surface area (TPSA) is 55.1 Å². The maximum Gasteiger partial charge on any atom is 0.398 e. The largest absolute Gasteiger partial charge is 0.398 e. The third-order valence-corrected chi connectivity index (χ3v) is 4.47. The number of nitrogens with one attached hydrogen (secondary N) is 1. The average Bonchev–Trinajstić information content (AvgIpc) is 2.96. The van der Waals surface area contributed by atoms with Gasteiger partial charge in [-0.05, 0) is 24.3 Å². The van der Waals surface area contributed by atoms with Gasteiger partial charge in [-0.15, -0.1) is 11.8 Å². The molecule has 1 N–H and O–H groups in total. The summed E-state index contributed by atoms with van der Waals surface area (Å²) in [6.07, 6.45) is -4.31. The van der Waals surface area contributed by atoms with Gasteiger partial charge in [-0.3, -0.25) is 4.79 Å². The van der Waals surface area contributed by atoms with Gasteiger partial charge in [0.1, 0.15) is 5.69 Å². The molecular formula is C17H13F3N2O2S. The molecule has 3 rings (SSSR count). The molecule has 4 nitrogen and oxygen atoms in total. The van der Waals surface area contributed by atoms with E-state index in [-0.39, 0.29) is 12.3 Å². The van der Waals surface area contributed by atoms with Crippen molar-refractivity contribution in [2.75, 3.05) is 11.1 Å². The van der Waals surface area contributed by atoms with Crippen LogP contribution in [0.1, 0.15) is 5.69 Å². The first-order valence-electron chi connectivity index (χ1n) is 7.34. The maximum atomic E-state index is 12.4. The fourth-order valence-electron chi connectivity index (χ4n) is 2.27. The molecule has 0 unspecified atom stereocenters. The van der Waals surface area contributed by atoms with Crippen LogP contribution >= 0.6 is 11.8 Å². The van der Waals surface area contributed by atoms with E-state index in [1.54, 1.807) is 36.4 Å². The number of hydrogen-bond donors (Lipinski definition) is 1. The number of hydrogen-bond acceptors (Lipinski definition) is 4. The number of alkyl halides is 3. The van der Waals surface area contributed by atoms with Crippen molar-refractivity contribution in [3.8, 4) is 0 Å². The fourth-order valence-corrected chi connectivity index (χ4v) is 3.04. The Balaban J connectivity index is 1.71. The summed E-state index contributed by atoms with van der Waals surface area (Å²) in [5.74, 6) is -1.40. The highest BCUT2D eigenvalue weighted by Gasteiger charge is 2.27. The highest BCUT2D eigenvalue weighted by atomic mass is 32.2. The number of aromatic nitrogens is 1. The number of para-hydroxylation sites is 2. The van der Waals surface area contributed by atoms with E-state index >= 15 is 0 Å². The molecule has 0 bridgehead atoms. The van der Waals surface area contributed by atoms with Crippen LogP contribution in [0.15, 0.2) is 57.9 Å². The minimum absolute atomic E-state index is 0.0325. The molecule has 1 aromatic heterocycles. The van der Waals surface area contributed by atoms with Crippen molar-refractivity contribution in [3.05, 3.63) is 54.2 Å². The second kappa shape index (κ2) is 7.18. The summed E-state index contributed by atoms with van der Waals surface area (Å²) in [6, 6.07) is 13.5. The Hall–Kier alpha value is -2.48. The number of benzene rings is 2. The zero-order valence-corrected chi connectivity index (χ0v) is 13.7. The van der Waals surface area contributed by atoms with E-state index in [0.717, 1.165) is 5.39 Å². The lowest BCUT2D eigenvalue weighted by molar-refractivity contribution is -0.115. The minimum atomic E-state index is -4.28. The Kier molecular flexibility index (Phi) is 4.98. The van der Waals surface area contributed by atoms with E-state index < -0.39 is 11.9 Å². The molecular weight excluding hydrogens is 353 g/mol. The second-order valence-corrected chi connectivity index (χ2v) is 6.27. The predicted octanol–water partition coefficient (Wildman–Crippen LogP) is 4.66. The molecule has 0 aliphatic carbocycles. The lowest BCUT2D eigenvalue weighted by Gasteiger charge is -2.11. The van der Waals surface area contributed by atoms with Crippen LogP contribution in [-0.2, 0) is 11.2 Å². The predicted molar refractivity (Wildman–Crippen MR) is 89.6 cm³/mol. The number of halogens is 3. The van der Waals surface area contributed by atoms with Gasteiger partial charge in [0.15, 0.2) is 5.58 Å². The number of amides is 1. The van der Waals surface area contributed by atoms with Crippen molar-refractivity contribution < 1.29 is 22.5 Å². The molecule has 3 aromatic rings. The minimum Gasteiger partial charge on any atom is -0.356 e. The first kappa shape index (κ1) is 17.3. The Morgan fingerprint density at radius 2 is 1.84 bits per heavy atom. The van der Waals surface area contributed by atoms with Gasteiger partial charge in [0.05, 0.1) is 17.9 Å². The van der Waals surface area contributed by atoms with Gasteiger partial charge >= 0.3 is 6.18 Å². The van der Waals surface area contributed by atoms with Crippen molar-refractivity contribution in [2.24, 2.45) is 0 Å². The summed E-state index contributed by atoms with van der Waals surface area (Å²) >= 11 is 0.633. The summed E-state index contributed by atoms with van der Waals surface area (Å²) < 4.78 is 42.4. The molecule has 130 valence electrons. The van der Waals surface area contributed by atoms with Crippen LogP contribution in [0, 0.1) is 0 Å². The Morgan fingerprint density at radius 1 is 1.12 bits per heavy atom. The van der Waals surface area contributed by atoms with Crippen LogP contribution in [0.4, 0.5) is 18.9 Å². The van der Waals surface area contributed by atoms with E-state index in [1.807, 2.05) is 6.07 Å². The fraction of sp³-hybridized carbons (Fsp3) is 0.176. The number of carbonyl (C=O) groups is 1. The summed E-state index contributed by atoms with van der Waals surface area (Å²) in [5.41, 5.74) is 1.40. The van der Waals surface area contributed by atoms with E-state index in [2.05, 4.69) is 10.5 Å². The SMILES string of the molecule is O=C(Cc1noc2ccccc12)Nc1ccccc1SCC(F)(F)F. The Labute approximate surface area is 145 Å². The van der Waals surface area contributed by atoms with Gasteiger partial charge in [-0.2, -0.15) is 13.2 Å². The van der Waals surface area contributed by atoms with Crippen LogP contribution in [0.5, 0.6) is 0 Å². The smallest absolute Gasteiger partial charge is 0.356 e. The van der Waals surface area contributed by atoms with E-state index in [1.165, 1.54) is 6.07 Å². The van der Waals surface area contributed by atoms with Gasteiger partial charge in [0.2, 0.25) is 5.91 Å². The van der Waals surface area contributed by atoms with E-state index in [9.17, 15) is 18.0 Å². The third kappa shape index (κ3) is 4.54. The number of fused-ring (bicyclic) bond motifs is 1. The molecule has 0 saturated carbocycles. The maximum absolute atomic E-state index is 12.4. The second-order valence-electron chi connectivity index (χ2n) is 5.25. The standard InChI is InChI=1S/C17H13F3N2O2S/c18-17(19,20)10-25-15-8-4-2-6-12(15)21-16(23)9-13-11-5-1-3-7-14(11)24-22-13/h1-8H,9-10H2,(H,21,23). The van der Waals surface area contributed by atoms with Crippen molar-refractivity contribution in [1.29, 1.82) is 0 Å². The zero-order valence-electron chi connectivity index (χ0n) is 12.8. The molecule has 2 aromatic carbocycles. The van der Waals surface area contributed by atoms with Crippen LogP contribution < -0.4 is 5.32 Å². The first-order chi connectivity index (χ1) is 11.9. The van der Waals surface area contributed by atoms with Crippen molar-refractivity contribution in [1.82, 2.24) is 5.16 Å².